The number of H-pyrrole nitrogens is 1. The third-order valence-electron chi connectivity index (χ3n) is 2.20. The minimum absolute atomic E-state index is 0.139. The highest BCUT2D eigenvalue weighted by Gasteiger charge is 2.03. The first kappa shape index (κ1) is 10.4. The van der Waals surface area contributed by atoms with E-state index in [9.17, 15) is 4.39 Å². The molecule has 5 nitrogen and oxygen atoms in total. The van der Waals surface area contributed by atoms with E-state index in [0.29, 0.717) is 18.7 Å². The number of nitrogens with one attached hydrogen (secondary N) is 2. The van der Waals surface area contributed by atoms with Crippen molar-refractivity contribution in [3.63, 3.8) is 0 Å². The Morgan fingerprint density at radius 2 is 2.31 bits per heavy atom. The van der Waals surface area contributed by atoms with Crippen molar-refractivity contribution in [3.05, 3.63) is 36.2 Å². The molecule has 2 aromatic rings. The van der Waals surface area contributed by atoms with E-state index in [-0.39, 0.29) is 5.69 Å². The topological polar surface area (TPSA) is 79.6 Å². The maximum Gasteiger partial charge on any atom is 0.148 e. The van der Waals surface area contributed by atoms with Crippen molar-refractivity contribution >= 4 is 11.4 Å². The van der Waals surface area contributed by atoms with E-state index in [2.05, 4.69) is 20.5 Å². The van der Waals surface area contributed by atoms with Crippen LogP contribution in [0.15, 0.2) is 24.5 Å². The van der Waals surface area contributed by atoms with Crippen LogP contribution in [0, 0.1) is 5.82 Å². The molecule has 0 saturated heterocycles. The molecule has 0 aliphatic carbocycles. The molecule has 0 amide bonds. The van der Waals surface area contributed by atoms with Crippen LogP contribution in [0.3, 0.4) is 0 Å². The second-order valence-corrected chi connectivity index (χ2v) is 3.31. The SMILES string of the molecule is Nc1c(F)cccc1NCCc1ncn[nH]1. The van der Waals surface area contributed by atoms with Gasteiger partial charge in [0.15, 0.2) is 0 Å². The molecule has 4 N–H and O–H groups in total. The van der Waals surface area contributed by atoms with Gasteiger partial charge in [0, 0.05) is 13.0 Å². The quantitative estimate of drug-likeness (QED) is 0.677. The molecule has 2 rings (SSSR count). The lowest BCUT2D eigenvalue weighted by Gasteiger charge is -2.08. The van der Waals surface area contributed by atoms with Gasteiger partial charge in [-0.15, -0.1) is 0 Å². The van der Waals surface area contributed by atoms with Crippen LogP contribution in [0.5, 0.6) is 0 Å². The van der Waals surface area contributed by atoms with Gasteiger partial charge in [0.25, 0.3) is 0 Å². The highest BCUT2D eigenvalue weighted by atomic mass is 19.1. The minimum Gasteiger partial charge on any atom is -0.395 e. The van der Waals surface area contributed by atoms with Crippen molar-refractivity contribution in [1.82, 2.24) is 15.2 Å². The summed E-state index contributed by atoms with van der Waals surface area (Å²) >= 11 is 0. The molecular weight excluding hydrogens is 209 g/mol. The molecule has 0 aliphatic rings. The number of aromatic nitrogens is 3. The summed E-state index contributed by atoms with van der Waals surface area (Å²) in [6.45, 7) is 0.614. The highest BCUT2D eigenvalue weighted by molar-refractivity contribution is 5.66. The predicted octanol–water partition coefficient (Wildman–Crippen LogP) is 1.18. The number of aromatic amines is 1. The average Bonchev–Trinajstić information content (AvgIpc) is 2.77. The second kappa shape index (κ2) is 4.61. The van der Waals surface area contributed by atoms with Crippen LogP contribution in [-0.4, -0.2) is 21.7 Å². The van der Waals surface area contributed by atoms with Gasteiger partial charge in [0.2, 0.25) is 0 Å². The average molecular weight is 221 g/mol. The molecule has 1 heterocycles. The minimum atomic E-state index is -0.412. The second-order valence-electron chi connectivity index (χ2n) is 3.31. The third-order valence-corrected chi connectivity index (χ3v) is 2.20. The smallest absolute Gasteiger partial charge is 0.148 e. The zero-order valence-corrected chi connectivity index (χ0v) is 8.57. The Kier molecular flexibility index (Phi) is 3.00. The normalized spacial score (nSPS) is 10.3. The predicted molar refractivity (Wildman–Crippen MR) is 59.4 cm³/mol. The summed E-state index contributed by atoms with van der Waals surface area (Å²) in [4.78, 5) is 3.98. The number of hydrogen-bond acceptors (Lipinski definition) is 4. The van der Waals surface area contributed by atoms with Crippen LogP contribution in [0.2, 0.25) is 0 Å². The Bertz CT molecular complexity index is 454. The number of anilines is 2. The van der Waals surface area contributed by atoms with Crippen molar-refractivity contribution in [2.24, 2.45) is 0 Å². The number of hydrogen-bond donors (Lipinski definition) is 3. The van der Waals surface area contributed by atoms with E-state index >= 15 is 0 Å². The Balaban J connectivity index is 1.92. The van der Waals surface area contributed by atoms with Gasteiger partial charge in [-0.25, -0.2) is 9.37 Å². The summed E-state index contributed by atoms with van der Waals surface area (Å²) in [5.74, 6) is 0.368. The van der Waals surface area contributed by atoms with E-state index in [0.717, 1.165) is 5.82 Å². The number of halogens is 1. The van der Waals surface area contributed by atoms with E-state index in [1.165, 1.54) is 12.4 Å². The fourth-order valence-corrected chi connectivity index (χ4v) is 1.36. The van der Waals surface area contributed by atoms with E-state index in [4.69, 9.17) is 5.73 Å². The van der Waals surface area contributed by atoms with Crippen molar-refractivity contribution < 1.29 is 4.39 Å². The zero-order valence-electron chi connectivity index (χ0n) is 8.57. The van der Waals surface area contributed by atoms with Crippen LogP contribution in [0.25, 0.3) is 0 Å². The number of nitrogens with zero attached hydrogens (tertiary/aromatic N) is 2. The number of nitrogen functional groups attached to an aromatic ring is 1. The number of rotatable bonds is 4. The third kappa shape index (κ3) is 2.28. The van der Waals surface area contributed by atoms with Gasteiger partial charge < -0.3 is 11.1 Å². The summed E-state index contributed by atoms with van der Waals surface area (Å²) in [6, 6.07) is 4.68. The van der Waals surface area contributed by atoms with Crippen LogP contribution >= 0.6 is 0 Å². The molecule has 0 spiro atoms. The lowest BCUT2D eigenvalue weighted by atomic mass is 10.2. The summed E-state index contributed by atoms with van der Waals surface area (Å²) in [5.41, 5.74) is 6.30. The van der Waals surface area contributed by atoms with Gasteiger partial charge >= 0.3 is 0 Å². The Hall–Kier alpha value is -2.11. The standard InChI is InChI=1S/C10H12FN5/c11-7-2-1-3-8(10(7)12)13-5-4-9-14-6-15-16-9/h1-3,6,13H,4-5,12H2,(H,14,15,16). The molecule has 0 fully saturated rings. The Labute approximate surface area is 91.9 Å². The van der Waals surface area contributed by atoms with E-state index < -0.39 is 5.82 Å². The van der Waals surface area contributed by atoms with Gasteiger partial charge in [-0.3, -0.25) is 5.10 Å². The first-order valence-electron chi connectivity index (χ1n) is 4.89. The lowest BCUT2D eigenvalue weighted by Crippen LogP contribution is -2.08. The molecule has 1 aromatic heterocycles. The van der Waals surface area contributed by atoms with Crippen molar-refractivity contribution in [2.45, 2.75) is 6.42 Å². The summed E-state index contributed by atoms with van der Waals surface area (Å²) < 4.78 is 13.1. The van der Waals surface area contributed by atoms with Crippen molar-refractivity contribution in [2.75, 3.05) is 17.6 Å². The summed E-state index contributed by atoms with van der Waals surface area (Å²) in [5, 5.41) is 9.51. The molecule has 16 heavy (non-hydrogen) atoms. The molecule has 1 aromatic carbocycles. The fourth-order valence-electron chi connectivity index (χ4n) is 1.36. The molecule has 0 aliphatic heterocycles. The maximum absolute atomic E-state index is 13.1. The lowest BCUT2D eigenvalue weighted by molar-refractivity contribution is 0.633. The van der Waals surface area contributed by atoms with Gasteiger partial charge in [0.05, 0.1) is 11.4 Å². The molecule has 0 unspecified atom stereocenters. The largest absolute Gasteiger partial charge is 0.395 e. The van der Waals surface area contributed by atoms with E-state index in [1.54, 1.807) is 12.1 Å². The monoisotopic (exact) mass is 221 g/mol. The maximum atomic E-state index is 13.1. The van der Waals surface area contributed by atoms with Gasteiger partial charge in [-0.1, -0.05) is 6.07 Å². The number of benzene rings is 1. The Morgan fingerprint density at radius 3 is 3.06 bits per heavy atom. The summed E-state index contributed by atoms with van der Waals surface area (Å²) in [7, 11) is 0. The van der Waals surface area contributed by atoms with Crippen LogP contribution < -0.4 is 11.1 Å². The van der Waals surface area contributed by atoms with Crippen LogP contribution in [0.1, 0.15) is 5.82 Å². The number of para-hydroxylation sites is 1. The zero-order chi connectivity index (χ0) is 11.4. The molecule has 84 valence electrons. The van der Waals surface area contributed by atoms with Crippen molar-refractivity contribution in [3.8, 4) is 0 Å². The van der Waals surface area contributed by atoms with Gasteiger partial charge in [-0.05, 0) is 12.1 Å². The first-order valence-corrected chi connectivity index (χ1v) is 4.89. The fraction of sp³-hybridized carbons (Fsp3) is 0.200. The summed E-state index contributed by atoms with van der Waals surface area (Å²) in [6.07, 6.45) is 2.13. The van der Waals surface area contributed by atoms with Crippen LogP contribution in [-0.2, 0) is 6.42 Å². The first-order chi connectivity index (χ1) is 7.77. The van der Waals surface area contributed by atoms with Gasteiger partial charge in [-0.2, -0.15) is 5.10 Å². The number of nitrogens with two attached hydrogens (primary N) is 1. The van der Waals surface area contributed by atoms with Gasteiger partial charge in [0.1, 0.15) is 18.0 Å². The van der Waals surface area contributed by atoms with E-state index in [1.807, 2.05) is 0 Å². The van der Waals surface area contributed by atoms with Crippen LogP contribution in [0.4, 0.5) is 15.8 Å². The molecule has 0 saturated carbocycles. The molecule has 0 radical (unpaired) electrons. The van der Waals surface area contributed by atoms with Crippen molar-refractivity contribution in [1.29, 1.82) is 0 Å². The molecule has 0 bridgehead atoms. The molecular formula is C10H12FN5. The molecule has 0 atom stereocenters. The highest BCUT2D eigenvalue weighted by Crippen LogP contribution is 2.20. The molecule has 6 heteroatoms. The Morgan fingerprint density at radius 1 is 1.44 bits per heavy atom.